The van der Waals surface area contributed by atoms with Crippen LogP contribution < -0.4 is 0 Å². The van der Waals surface area contributed by atoms with E-state index in [4.69, 9.17) is 9.47 Å². The summed E-state index contributed by atoms with van der Waals surface area (Å²) in [6, 6.07) is 9.38. The predicted octanol–water partition coefficient (Wildman–Crippen LogP) is 4.18. The number of ether oxygens (including phenoxy) is 2. The van der Waals surface area contributed by atoms with Gasteiger partial charge in [0.1, 0.15) is 18.3 Å². The molecule has 3 aliphatic carbocycles. The summed E-state index contributed by atoms with van der Waals surface area (Å²) in [5.74, 6) is -2.44. The number of benzene rings is 1. The van der Waals surface area contributed by atoms with Crippen LogP contribution in [-0.4, -0.2) is 52.4 Å². The summed E-state index contributed by atoms with van der Waals surface area (Å²) in [5, 5.41) is 23.7. The van der Waals surface area contributed by atoms with E-state index in [-0.39, 0.29) is 12.2 Å². The van der Waals surface area contributed by atoms with E-state index < -0.39 is 59.0 Å². The monoisotopic (exact) mass is 522 g/mol. The summed E-state index contributed by atoms with van der Waals surface area (Å²) in [6.45, 7) is 12.9. The Kier molecular flexibility index (Phi) is 7.56. The third kappa shape index (κ3) is 4.78. The minimum absolute atomic E-state index is 0.124. The number of rotatable bonds is 4. The molecule has 0 radical (unpaired) electrons. The van der Waals surface area contributed by atoms with Gasteiger partial charge in [0.25, 0.3) is 0 Å². The molecule has 0 unspecified atom stereocenters. The van der Waals surface area contributed by atoms with Gasteiger partial charge in [0.05, 0.1) is 6.10 Å². The van der Waals surface area contributed by atoms with Crippen molar-refractivity contribution in [2.24, 2.45) is 22.7 Å². The van der Waals surface area contributed by atoms with Crippen LogP contribution in [0.1, 0.15) is 59.4 Å². The van der Waals surface area contributed by atoms with Crippen LogP contribution in [0.4, 0.5) is 0 Å². The van der Waals surface area contributed by atoms with Gasteiger partial charge in [-0.15, -0.1) is 0 Å². The zero-order chi connectivity index (χ0) is 28.0. The summed E-state index contributed by atoms with van der Waals surface area (Å²) in [6.07, 6.45) is -0.0377. The molecule has 0 aromatic heterocycles. The highest BCUT2D eigenvalue weighted by Gasteiger charge is 2.62. The van der Waals surface area contributed by atoms with Crippen LogP contribution in [0.2, 0.25) is 0 Å². The smallest absolute Gasteiger partial charge is 0.331 e. The van der Waals surface area contributed by atoms with Crippen molar-refractivity contribution in [1.82, 2.24) is 0 Å². The third-order valence-electron chi connectivity index (χ3n) is 9.07. The summed E-state index contributed by atoms with van der Waals surface area (Å²) in [7, 11) is 0. The molecule has 2 saturated carbocycles. The molecule has 204 valence electrons. The molecule has 7 atom stereocenters. The zero-order valence-corrected chi connectivity index (χ0v) is 22.8. The van der Waals surface area contributed by atoms with Gasteiger partial charge in [0.2, 0.25) is 0 Å². The maximum absolute atomic E-state index is 13.0. The molecular weight excluding hydrogens is 484 g/mol. The lowest BCUT2D eigenvalue weighted by atomic mass is 9.49. The van der Waals surface area contributed by atoms with Gasteiger partial charge in [-0.1, -0.05) is 57.7 Å². The topological polar surface area (TPSA) is 110 Å². The van der Waals surface area contributed by atoms with E-state index in [1.54, 1.807) is 13.0 Å². The second-order valence-corrected chi connectivity index (χ2v) is 11.7. The zero-order valence-electron chi connectivity index (χ0n) is 22.8. The number of carbonyl (C=O) groups excluding carboxylic acids is 3. The summed E-state index contributed by atoms with van der Waals surface area (Å²) in [4.78, 5) is 38.0. The first-order chi connectivity index (χ1) is 17.8. The van der Waals surface area contributed by atoms with Crippen LogP contribution in [0.5, 0.6) is 0 Å². The van der Waals surface area contributed by atoms with E-state index in [0.29, 0.717) is 29.6 Å². The average molecular weight is 523 g/mol. The van der Waals surface area contributed by atoms with E-state index >= 15 is 0 Å². The van der Waals surface area contributed by atoms with Crippen molar-refractivity contribution < 1.29 is 34.1 Å². The number of ketones is 1. The van der Waals surface area contributed by atoms with Crippen LogP contribution in [0.3, 0.4) is 0 Å². The molecule has 2 bridgehead atoms. The molecule has 0 saturated heterocycles. The Balaban J connectivity index is 1.71. The van der Waals surface area contributed by atoms with E-state index in [9.17, 15) is 24.6 Å². The summed E-state index contributed by atoms with van der Waals surface area (Å²) < 4.78 is 11.6. The Morgan fingerprint density at radius 1 is 1.11 bits per heavy atom. The van der Waals surface area contributed by atoms with Crippen molar-refractivity contribution >= 4 is 23.8 Å². The van der Waals surface area contributed by atoms with Crippen LogP contribution in [-0.2, 0) is 23.9 Å². The molecule has 3 aliphatic rings. The SMILES string of the molecule is C=C1[C@@H](OC(=O)/C=C/c2ccccc2)CC[C@@]2(C)[C@@H](OC(C)=O)[C@H](O)C3=C(C)C(=O)C[C@@H]([C@@H](O)[C@H]12)C3(C)C. The van der Waals surface area contributed by atoms with Crippen molar-refractivity contribution in [3.63, 3.8) is 0 Å². The molecule has 7 heteroatoms. The minimum Gasteiger partial charge on any atom is -0.459 e. The Hall–Kier alpha value is -3.03. The van der Waals surface area contributed by atoms with Gasteiger partial charge in [0, 0.05) is 36.7 Å². The summed E-state index contributed by atoms with van der Waals surface area (Å²) in [5.41, 5.74) is 0.654. The number of Topliss-reactive ketones (excluding diaryl/α,β-unsaturated/α-hetero) is 1. The van der Waals surface area contributed by atoms with Crippen molar-refractivity contribution in [2.45, 2.75) is 78.3 Å². The Labute approximate surface area is 224 Å². The number of allylic oxidation sites excluding steroid dienone is 1. The molecule has 2 fully saturated rings. The number of aliphatic hydroxyl groups is 2. The molecule has 0 amide bonds. The number of hydrogen-bond acceptors (Lipinski definition) is 7. The molecule has 7 nitrogen and oxygen atoms in total. The van der Waals surface area contributed by atoms with Gasteiger partial charge >= 0.3 is 11.9 Å². The molecular formula is C31H38O7. The van der Waals surface area contributed by atoms with Gasteiger partial charge in [-0.25, -0.2) is 4.79 Å². The van der Waals surface area contributed by atoms with Gasteiger partial charge in [-0.05, 0) is 53.5 Å². The quantitative estimate of drug-likeness (QED) is 0.347. The normalized spacial score (nSPS) is 34.8. The van der Waals surface area contributed by atoms with Crippen LogP contribution in [0.15, 0.2) is 59.7 Å². The van der Waals surface area contributed by atoms with E-state index in [0.717, 1.165) is 5.56 Å². The van der Waals surface area contributed by atoms with Gasteiger partial charge < -0.3 is 19.7 Å². The second kappa shape index (κ2) is 10.3. The number of hydrogen-bond donors (Lipinski definition) is 2. The first-order valence-corrected chi connectivity index (χ1v) is 13.2. The molecule has 0 spiro atoms. The molecule has 1 aromatic carbocycles. The standard InChI is InChI=1S/C31H38O7/c1-17-22(33)16-21-27(35)26-18(2)23(38-24(34)13-12-20-10-8-7-9-11-20)14-15-31(26,6)29(37-19(3)32)28(36)25(17)30(21,4)5/h7-13,21,23,26-29,35-36H,2,14-16H2,1,3-6H3/b13-12+/t21-,23-,26-,27+,28+,29-,31+/m0/s1. The number of carbonyl (C=O) groups is 3. The van der Waals surface area contributed by atoms with Crippen molar-refractivity contribution in [2.75, 3.05) is 0 Å². The number of esters is 2. The van der Waals surface area contributed by atoms with Gasteiger partial charge in [-0.2, -0.15) is 0 Å². The Bertz CT molecular complexity index is 1190. The molecule has 2 N–H and O–H groups in total. The van der Waals surface area contributed by atoms with Gasteiger partial charge in [-0.3, -0.25) is 9.59 Å². The molecule has 4 rings (SSSR count). The molecule has 0 aliphatic heterocycles. The van der Waals surface area contributed by atoms with Crippen molar-refractivity contribution in [3.8, 4) is 0 Å². The maximum atomic E-state index is 13.0. The molecule has 38 heavy (non-hydrogen) atoms. The van der Waals surface area contributed by atoms with Gasteiger partial charge in [0.15, 0.2) is 5.78 Å². The minimum atomic E-state index is -1.23. The lowest BCUT2D eigenvalue weighted by Crippen LogP contribution is -2.62. The van der Waals surface area contributed by atoms with Crippen molar-refractivity contribution in [3.05, 3.63) is 65.3 Å². The third-order valence-corrected chi connectivity index (χ3v) is 9.07. The first kappa shape index (κ1) is 28.0. The van der Waals surface area contributed by atoms with E-state index in [1.165, 1.54) is 13.0 Å². The fraction of sp³-hybridized carbons (Fsp3) is 0.516. The fourth-order valence-electron chi connectivity index (χ4n) is 7.09. The largest absolute Gasteiger partial charge is 0.459 e. The lowest BCUT2D eigenvalue weighted by molar-refractivity contribution is -0.187. The van der Waals surface area contributed by atoms with Crippen LogP contribution in [0.25, 0.3) is 6.08 Å². The predicted molar refractivity (Wildman–Crippen MR) is 142 cm³/mol. The highest BCUT2D eigenvalue weighted by atomic mass is 16.6. The average Bonchev–Trinajstić information content (AvgIpc) is 2.85. The van der Waals surface area contributed by atoms with Crippen LogP contribution in [0, 0.1) is 22.7 Å². The van der Waals surface area contributed by atoms with E-state index in [2.05, 4.69) is 6.58 Å². The highest BCUT2D eigenvalue weighted by Crippen LogP contribution is 2.59. The lowest BCUT2D eigenvalue weighted by Gasteiger charge is -2.58. The number of fused-ring (bicyclic) bond motifs is 3. The van der Waals surface area contributed by atoms with Crippen LogP contribution >= 0.6 is 0 Å². The fourth-order valence-corrected chi connectivity index (χ4v) is 7.09. The molecule has 0 heterocycles. The maximum Gasteiger partial charge on any atom is 0.331 e. The second-order valence-electron chi connectivity index (χ2n) is 11.7. The summed E-state index contributed by atoms with van der Waals surface area (Å²) >= 11 is 0. The number of aliphatic hydroxyl groups excluding tert-OH is 2. The Morgan fingerprint density at radius 2 is 1.76 bits per heavy atom. The van der Waals surface area contributed by atoms with Crippen molar-refractivity contribution in [1.29, 1.82) is 0 Å². The van der Waals surface area contributed by atoms with E-state index in [1.807, 2.05) is 51.1 Å². The first-order valence-electron chi connectivity index (χ1n) is 13.2. The highest BCUT2D eigenvalue weighted by molar-refractivity contribution is 5.97. The molecule has 1 aromatic rings. The Morgan fingerprint density at radius 3 is 2.39 bits per heavy atom.